The van der Waals surface area contributed by atoms with Crippen molar-refractivity contribution in [2.24, 2.45) is 0 Å². The standard InChI is InChI=1S/C14H16ClN3O3/c1-9(2)18(8-4-7-16)14(21)17-11-6-3-5-10(15)12(11)13(19)20/h3,5-6,9H,4,8H2,1-2H3,(H,17,21)(H,19,20). The molecule has 21 heavy (non-hydrogen) atoms. The summed E-state index contributed by atoms with van der Waals surface area (Å²) in [4.78, 5) is 24.9. The van der Waals surface area contributed by atoms with Gasteiger partial charge in [0, 0.05) is 12.6 Å². The van der Waals surface area contributed by atoms with Gasteiger partial charge in [-0.3, -0.25) is 0 Å². The van der Waals surface area contributed by atoms with Gasteiger partial charge in [-0.1, -0.05) is 17.7 Å². The van der Waals surface area contributed by atoms with E-state index < -0.39 is 12.0 Å². The molecule has 0 aliphatic heterocycles. The summed E-state index contributed by atoms with van der Waals surface area (Å²) in [6.07, 6.45) is 0.201. The Balaban J connectivity index is 2.99. The Labute approximate surface area is 127 Å². The minimum atomic E-state index is -1.22. The number of carbonyl (C=O) groups is 2. The third kappa shape index (κ3) is 4.36. The predicted molar refractivity (Wildman–Crippen MR) is 79.5 cm³/mol. The van der Waals surface area contributed by atoms with Crippen molar-refractivity contribution in [1.82, 2.24) is 4.90 Å². The highest BCUT2D eigenvalue weighted by molar-refractivity contribution is 6.34. The molecular weight excluding hydrogens is 294 g/mol. The molecule has 2 amide bonds. The van der Waals surface area contributed by atoms with Crippen molar-refractivity contribution in [2.75, 3.05) is 11.9 Å². The molecule has 0 bridgehead atoms. The van der Waals surface area contributed by atoms with Crippen molar-refractivity contribution < 1.29 is 14.7 Å². The Morgan fingerprint density at radius 2 is 2.14 bits per heavy atom. The first-order valence-corrected chi connectivity index (χ1v) is 6.72. The van der Waals surface area contributed by atoms with E-state index in [0.717, 1.165) is 0 Å². The maximum atomic E-state index is 12.2. The van der Waals surface area contributed by atoms with Crippen LogP contribution in [0.1, 0.15) is 30.6 Å². The molecule has 2 N–H and O–H groups in total. The van der Waals surface area contributed by atoms with E-state index in [9.17, 15) is 9.59 Å². The number of halogens is 1. The Bertz CT molecular complexity index is 581. The monoisotopic (exact) mass is 309 g/mol. The number of carboxylic acid groups (broad SMARTS) is 1. The van der Waals surface area contributed by atoms with Crippen molar-refractivity contribution in [3.05, 3.63) is 28.8 Å². The number of rotatable bonds is 5. The first-order chi connectivity index (χ1) is 9.88. The Morgan fingerprint density at radius 1 is 1.48 bits per heavy atom. The molecule has 0 atom stereocenters. The van der Waals surface area contributed by atoms with Gasteiger partial charge < -0.3 is 15.3 Å². The van der Waals surface area contributed by atoms with Crippen LogP contribution in [0.4, 0.5) is 10.5 Å². The van der Waals surface area contributed by atoms with E-state index in [1.807, 2.05) is 19.9 Å². The van der Waals surface area contributed by atoms with Gasteiger partial charge in [-0.2, -0.15) is 5.26 Å². The predicted octanol–water partition coefficient (Wildman–Crippen LogP) is 3.19. The van der Waals surface area contributed by atoms with E-state index in [1.165, 1.54) is 17.0 Å². The van der Waals surface area contributed by atoms with Crippen molar-refractivity contribution in [2.45, 2.75) is 26.3 Å². The molecule has 0 saturated carbocycles. The van der Waals surface area contributed by atoms with Crippen molar-refractivity contribution in [3.63, 3.8) is 0 Å². The van der Waals surface area contributed by atoms with Crippen molar-refractivity contribution in [3.8, 4) is 6.07 Å². The van der Waals surface area contributed by atoms with Crippen LogP contribution >= 0.6 is 11.6 Å². The molecule has 7 heteroatoms. The number of hydrogen-bond donors (Lipinski definition) is 2. The van der Waals surface area contributed by atoms with Gasteiger partial charge >= 0.3 is 12.0 Å². The molecule has 112 valence electrons. The highest BCUT2D eigenvalue weighted by Crippen LogP contribution is 2.24. The summed E-state index contributed by atoms with van der Waals surface area (Å²) < 4.78 is 0. The zero-order chi connectivity index (χ0) is 16.0. The summed E-state index contributed by atoms with van der Waals surface area (Å²) in [5.41, 5.74) is -0.0286. The number of carboxylic acids is 1. The van der Waals surface area contributed by atoms with Gasteiger partial charge in [0.15, 0.2) is 0 Å². The van der Waals surface area contributed by atoms with Gasteiger partial charge in [-0.25, -0.2) is 9.59 Å². The maximum absolute atomic E-state index is 12.2. The van der Waals surface area contributed by atoms with Crippen LogP contribution < -0.4 is 5.32 Å². The molecule has 0 unspecified atom stereocenters. The van der Waals surface area contributed by atoms with Crippen LogP contribution in [0.2, 0.25) is 5.02 Å². The lowest BCUT2D eigenvalue weighted by atomic mass is 10.2. The van der Waals surface area contributed by atoms with Crippen LogP contribution in [0.25, 0.3) is 0 Å². The highest BCUT2D eigenvalue weighted by Gasteiger charge is 2.20. The topological polar surface area (TPSA) is 93.4 Å². The van der Waals surface area contributed by atoms with Crippen molar-refractivity contribution in [1.29, 1.82) is 5.26 Å². The SMILES string of the molecule is CC(C)N(CCC#N)C(=O)Nc1cccc(Cl)c1C(=O)O. The van der Waals surface area contributed by atoms with Crippen LogP contribution in [0.3, 0.4) is 0 Å². The van der Waals surface area contributed by atoms with Crippen molar-refractivity contribution >= 4 is 29.3 Å². The zero-order valence-corrected chi connectivity index (χ0v) is 12.5. The summed E-state index contributed by atoms with van der Waals surface area (Å²) in [5, 5.41) is 20.4. The number of urea groups is 1. The third-order valence-corrected chi connectivity index (χ3v) is 3.13. The number of nitrogens with one attached hydrogen (secondary N) is 1. The lowest BCUT2D eigenvalue weighted by Gasteiger charge is -2.26. The van der Waals surface area contributed by atoms with Crippen LogP contribution in [-0.4, -0.2) is 34.6 Å². The number of benzene rings is 1. The smallest absolute Gasteiger partial charge is 0.339 e. The lowest BCUT2D eigenvalue weighted by molar-refractivity contribution is 0.0698. The number of hydrogen-bond acceptors (Lipinski definition) is 3. The zero-order valence-electron chi connectivity index (χ0n) is 11.8. The molecule has 0 aliphatic carbocycles. The van der Waals surface area contributed by atoms with Crippen LogP contribution in [-0.2, 0) is 0 Å². The van der Waals surface area contributed by atoms with Gasteiger partial charge in [0.1, 0.15) is 5.56 Å². The molecule has 0 saturated heterocycles. The number of aromatic carboxylic acids is 1. The fraction of sp³-hybridized carbons (Fsp3) is 0.357. The Hall–Kier alpha value is -2.26. The fourth-order valence-corrected chi connectivity index (χ4v) is 2.05. The van der Waals surface area contributed by atoms with E-state index >= 15 is 0 Å². The summed E-state index contributed by atoms with van der Waals surface area (Å²) in [6.45, 7) is 3.89. The van der Waals surface area contributed by atoms with Gasteiger partial charge in [0.2, 0.25) is 0 Å². The van der Waals surface area contributed by atoms with E-state index in [4.69, 9.17) is 22.0 Å². The number of nitriles is 1. The average molecular weight is 310 g/mol. The quantitative estimate of drug-likeness (QED) is 0.873. The maximum Gasteiger partial charge on any atom is 0.339 e. The van der Waals surface area contributed by atoms with E-state index in [0.29, 0.717) is 0 Å². The second-order valence-corrected chi connectivity index (χ2v) is 5.00. The highest BCUT2D eigenvalue weighted by atomic mass is 35.5. The molecule has 0 spiro atoms. The summed E-state index contributed by atoms with van der Waals surface area (Å²) in [6, 6.07) is 5.85. The average Bonchev–Trinajstić information content (AvgIpc) is 2.38. The first-order valence-electron chi connectivity index (χ1n) is 6.34. The van der Waals surface area contributed by atoms with E-state index in [2.05, 4.69) is 5.32 Å². The minimum Gasteiger partial charge on any atom is -0.478 e. The number of amides is 2. The largest absolute Gasteiger partial charge is 0.478 e. The van der Waals surface area contributed by atoms with E-state index in [1.54, 1.807) is 6.07 Å². The Morgan fingerprint density at radius 3 is 2.67 bits per heavy atom. The van der Waals surface area contributed by atoms with E-state index in [-0.39, 0.29) is 35.3 Å². The normalized spacial score (nSPS) is 10.0. The second-order valence-electron chi connectivity index (χ2n) is 4.59. The number of nitrogens with zero attached hydrogens (tertiary/aromatic N) is 2. The number of carbonyl (C=O) groups excluding carboxylic acids is 1. The van der Waals surface area contributed by atoms with Crippen LogP contribution in [0.5, 0.6) is 0 Å². The van der Waals surface area contributed by atoms with Gasteiger partial charge in [0.25, 0.3) is 0 Å². The van der Waals surface area contributed by atoms with Gasteiger partial charge in [-0.05, 0) is 26.0 Å². The molecular formula is C14H16ClN3O3. The lowest BCUT2D eigenvalue weighted by Crippen LogP contribution is -2.40. The summed E-state index contributed by atoms with van der Waals surface area (Å²) >= 11 is 5.84. The molecule has 6 nitrogen and oxygen atoms in total. The molecule has 0 heterocycles. The summed E-state index contributed by atoms with van der Waals surface area (Å²) in [5.74, 6) is -1.22. The van der Waals surface area contributed by atoms with Crippen LogP contribution in [0.15, 0.2) is 18.2 Å². The molecule has 1 aromatic rings. The molecule has 0 fully saturated rings. The molecule has 0 aliphatic rings. The van der Waals surface area contributed by atoms with Crippen LogP contribution in [0, 0.1) is 11.3 Å². The number of anilines is 1. The summed E-state index contributed by atoms with van der Waals surface area (Å²) in [7, 11) is 0. The van der Waals surface area contributed by atoms with Gasteiger partial charge in [-0.15, -0.1) is 0 Å². The molecule has 0 radical (unpaired) electrons. The molecule has 1 rings (SSSR count). The third-order valence-electron chi connectivity index (χ3n) is 2.82. The minimum absolute atomic E-state index is 0.0495. The Kier molecular flexibility index (Phi) is 6.00. The fourth-order valence-electron chi connectivity index (χ4n) is 1.80. The molecule has 1 aromatic carbocycles. The second kappa shape index (κ2) is 7.50. The first kappa shape index (κ1) is 16.8. The molecule has 0 aromatic heterocycles. The van der Waals surface area contributed by atoms with Gasteiger partial charge in [0.05, 0.1) is 23.2 Å².